The molecule has 128 valence electrons. The van der Waals surface area contributed by atoms with Crippen molar-refractivity contribution in [2.24, 2.45) is 0 Å². The molecule has 5 nitrogen and oxygen atoms in total. The van der Waals surface area contributed by atoms with Crippen LogP contribution in [0.25, 0.3) is 11.0 Å². The number of aliphatic hydroxyl groups is 1. The number of imidazole rings is 1. The van der Waals surface area contributed by atoms with Crippen LogP contribution in [0.5, 0.6) is 0 Å². The van der Waals surface area contributed by atoms with Crippen molar-refractivity contribution in [3.05, 3.63) is 59.1 Å². The molecule has 2 atom stereocenters. The van der Waals surface area contributed by atoms with E-state index >= 15 is 0 Å². The highest BCUT2D eigenvalue weighted by Crippen LogP contribution is 2.49. The Hall–Kier alpha value is -2.02. The molecule has 0 amide bonds. The first kappa shape index (κ1) is 16.4. The SMILES string of the molecule is COC(=O)CC1Sc2nc3ccccc3n2C1(O)c1ccc(Cl)cc1. The number of aromatic nitrogens is 2. The summed E-state index contributed by atoms with van der Waals surface area (Å²) < 4.78 is 6.60. The number of fused-ring (bicyclic) bond motifs is 3. The van der Waals surface area contributed by atoms with E-state index in [0.29, 0.717) is 15.7 Å². The summed E-state index contributed by atoms with van der Waals surface area (Å²) in [5.41, 5.74) is 0.846. The van der Waals surface area contributed by atoms with Crippen molar-refractivity contribution in [1.29, 1.82) is 0 Å². The van der Waals surface area contributed by atoms with E-state index in [-0.39, 0.29) is 12.4 Å². The number of rotatable bonds is 3. The van der Waals surface area contributed by atoms with E-state index < -0.39 is 11.0 Å². The minimum absolute atomic E-state index is 0.0674. The molecule has 2 aromatic carbocycles. The summed E-state index contributed by atoms with van der Waals surface area (Å²) in [6.07, 6.45) is 0.0674. The number of para-hydroxylation sites is 2. The Morgan fingerprint density at radius 3 is 2.76 bits per heavy atom. The lowest BCUT2D eigenvalue weighted by Gasteiger charge is -2.31. The Balaban J connectivity index is 1.92. The van der Waals surface area contributed by atoms with E-state index in [4.69, 9.17) is 16.3 Å². The van der Waals surface area contributed by atoms with E-state index in [0.717, 1.165) is 11.0 Å². The van der Waals surface area contributed by atoms with Crippen LogP contribution in [0.2, 0.25) is 5.02 Å². The van der Waals surface area contributed by atoms with Gasteiger partial charge in [0.25, 0.3) is 0 Å². The summed E-state index contributed by atoms with van der Waals surface area (Å²) in [6.45, 7) is 0. The van der Waals surface area contributed by atoms with Gasteiger partial charge in [-0.05, 0) is 24.3 Å². The average molecular weight is 375 g/mol. The number of carbonyl (C=O) groups excluding carboxylic acids is 1. The quantitative estimate of drug-likeness (QED) is 0.711. The van der Waals surface area contributed by atoms with Gasteiger partial charge < -0.3 is 9.84 Å². The lowest BCUT2D eigenvalue weighted by Crippen LogP contribution is -2.41. The average Bonchev–Trinajstić information content (AvgIpc) is 3.11. The summed E-state index contributed by atoms with van der Waals surface area (Å²) >= 11 is 7.38. The fourth-order valence-electron chi connectivity index (χ4n) is 3.19. The number of benzene rings is 2. The van der Waals surface area contributed by atoms with Gasteiger partial charge in [0.05, 0.1) is 29.8 Å². The predicted octanol–water partition coefficient (Wildman–Crippen LogP) is 3.42. The summed E-state index contributed by atoms with van der Waals surface area (Å²) in [5.74, 6) is -0.375. The van der Waals surface area contributed by atoms with Crippen molar-refractivity contribution in [1.82, 2.24) is 9.55 Å². The second-order valence-corrected chi connectivity index (χ2v) is 7.44. The maximum absolute atomic E-state index is 11.9. The normalized spacial score (nSPS) is 22.1. The number of carbonyl (C=O) groups is 1. The molecule has 7 heteroatoms. The zero-order valence-electron chi connectivity index (χ0n) is 13.3. The number of halogens is 1. The molecule has 0 radical (unpaired) electrons. The standard InChI is InChI=1S/C18H15ClN2O3S/c1-24-16(22)10-15-18(23,11-6-8-12(19)9-7-11)21-14-5-3-2-4-13(14)20-17(21)25-15/h2-9,15,23H,10H2,1H3. The Labute approximate surface area is 153 Å². The Kier molecular flexibility index (Phi) is 3.98. The zero-order chi connectivity index (χ0) is 17.6. The minimum atomic E-state index is -1.42. The number of methoxy groups -OCH3 is 1. The van der Waals surface area contributed by atoms with Gasteiger partial charge in [0.2, 0.25) is 0 Å². The van der Waals surface area contributed by atoms with Gasteiger partial charge in [0, 0.05) is 10.6 Å². The highest BCUT2D eigenvalue weighted by molar-refractivity contribution is 8.00. The van der Waals surface area contributed by atoms with Crippen LogP contribution in [0.4, 0.5) is 0 Å². The largest absolute Gasteiger partial charge is 0.469 e. The number of nitrogens with zero attached hydrogens (tertiary/aromatic N) is 2. The monoisotopic (exact) mass is 374 g/mol. The van der Waals surface area contributed by atoms with Crippen LogP contribution in [0, 0.1) is 0 Å². The van der Waals surface area contributed by atoms with E-state index in [1.54, 1.807) is 28.8 Å². The molecule has 0 spiro atoms. The molecule has 1 aliphatic rings. The molecule has 2 heterocycles. The Morgan fingerprint density at radius 2 is 2.04 bits per heavy atom. The molecule has 0 saturated heterocycles. The van der Waals surface area contributed by atoms with Crippen molar-refractivity contribution >= 4 is 40.4 Å². The van der Waals surface area contributed by atoms with Crippen LogP contribution < -0.4 is 0 Å². The van der Waals surface area contributed by atoms with Crippen LogP contribution in [0.3, 0.4) is 0 Å². The molecule has 2 unspecified atom stereocenters. The minimum Gasteiger partial charge on any atom is -0.469 e. The first-order chi connectivity index (χ1) is 12.0. The topological polar surface area (TPSA) is 64.3 Å². The van der Waals surface area contributed by atoms with Crippen molar-refractivity contribution in [2.45, 2.75) is 22.6 Å². The molecular weight excluding hydrogens is 360 g/mol. The molecule has 25 heavy (non-hydrogen) atoms. The highest BCUT2D eigenvalue weighted by Gasteiger charge is 2.50. The summed E-state index contributed by atoms with van der Waals surface area (Å²) in [7, 11) is 1.34. The molecular formula is C18H15ClN2O3S. The fourth-order valence-corrected chi connectivity index (χ4v) is 4.69. The van der Waals surface area contributed by atoms with Crippen LogP contribution in [-0.4, -0.2) is 33.0 Å². The summed E-state index contributed by atoms with van der Waals surface area (Å²) in [5, 5.41) is 12.6. The summed E-state index contributed by atoms with van der Waals surface area (Å²) in [6, 6.07) is 14.6. The first-order valence-corrected chi connectivity index (χ1v) is 8.99. The van der Waals surface area contributed by atoms with Gasteiger partial charge in [-0.3, -0.25) is 9.36 Å². The van der Waals surface area contributed by atoms with Gasteiger partial charge in [0.15, 0.2) is 10.9 Å². The van der Waals surface area contributed by atoms with Gasteiger partial charge in [-0.15, -0.1) is 0 Å². The number of hydrogen-bond donors (Lipinski definition) is 1. The molecule has 1 N–H and O–H groups in total. The molecule has 0 aliphatic carbocycles. The Bertz CT molecular complexity index is 957. The molecule has 0 saturated carbocycles. The second kappa shape index (κ2) is 6.05. The molecule has 3 aromatic rings. The Morgan fingerprint density at radius 1 is 1.32 bits per heavy atom. The van der Waals surface area contributed by atoms with E-state index in [2.05, 4.69) is 4.98 Å². The van der Waals surface area contributed by atoms with Crippen molar-refractivity contribution in [3.63, 3.8) is 0 Å². The number of ether oxygens (including phenoxy) is 1. The third-order valence-electron chi connectivity index (χ3n) is 4.42. The second-order valence-electron chi connectivity index (χ2n) is 5.84. The van der Waals surface area contributed by atoms with Crippen LogP contribution in [0.15, 0.2) is 53.7 Å². The van der Waals surface area contributed by atoms with Crippen molar-refractivity contribution in [2.75, 3.05) is 7.11 Å². The third kappa shape index (κ3) is 2.52. The summed E-state index contributed by atoms with van der Waals surface area (Å²) in [4.78, 5) is 16.5. The molecule has 4 rings (SSSR count). The smallest absolute Gasteiger partial charge is 0.306 e. The highest BCUT2D eigenvalue weighted by atomic mass is 35.5. The lowest BCUT2D eigenvalue weighted by atomic mass is 9.96. The number of esters is 1. The van der Waals surface area contributed by atoms with Crippen LogP contribution in [0.1, 0.15) is 12.0 Å². The third-order valence-corrected chi connectivity index (χ3v) is 5.93. The predicted molar refractivity (Wildman–Crippen MR) is 96.8 cm³/mol. The molecule has 1 aliphatic heterocycles. The van der Waals surface area contributed by atoms with Gasteiger partial charge in [0.1, 0.15) is 0 Å². The number of hydrogen-bond acceptors (Lipinski definition) is 5. The lowest BCUT2D eigenvalue weighted by molar-refractivity contribution is -0.142. The molecule has 0 bridgehead atoms. The van der Waals surface area contributed by atoms with Crippen LogP contribution in [-0.2, 0) is 15.3 Å². The van der Waals surface area contributed by atoms with Gasteiger partial charge >= 0.3 is 5.97 Å². The van der Waals surface area contributed by atoms with E-state index in [9.17, 15) is 9.90 Å². The first-order valence-electron chi connectivity index (χ1n) is 7.74. The fraction of sp³-hybridized carbons (Fsp3) is 0.222. The van der Waals surface area contributed by atoms with Crippen molar-refractivity contribution in [3.8, 4) is 0 Å². The number of thioether (sulfide) groups is 1. The van der Waals surface area contributed by atoms with Gasteiger partial charge in [-0.2, -0.15) is 0 Å². The van der Waals surface area contributed by atoms with Crippen molar-refractivity contribution < 1.29 is 14.6 Å². The molecule has 1 aromatic heterocycles. The molecule has 0 fully saturated rings. The van der Waals surface area contributed by atoms with E-state index in [1.807, 2.05) is 24.3 Å². The van der Waals surface area contributed by atoms with Crippen LogP contribution >= 0.6 is 23.4 Å². The van der Waals surface area contributed by atoms with E-state index in [1.165, 1.54) is 18.9 Å². The zero-order valence-corrected chi connectivity index (χ0v) is 14.9. The van der Waals surface area contributed by atoms with Gasteiger partial charge in [-0.1, -0.05) is 47.6 Å². The van der Waals surface area contributed by atoms with Gasteiger partial charge in [-0.25, -0.2) is 4.98 Å². The maximum atomic E-state index is 11.9. The maximum Gasteiger partial charge on any atom is 0.306 e.